The minimum atomic E-state index is -0.120. The molecule has 0 unspecified atom stereocenters. The van der Waals surface area contributed by atoms with E-state index in [-0.39, 0.29) is 5.56 Å². The Kier molecular flexibility index (Phi) is 4.69. The van der Waals surface area contributed by atoms with Crippen molar-refractivity contribution >= 4 is 11.8 Å². The zero-order valence-electron chi connectivity index (χ0n) is 8.37. The summed E-state index contributed by atoms with van der Waals surface area (Å²) in [7, 11) is 1.59. The van der Waals surface area contributed by atoms with E-state index >= 15 is 0 Å². The molecule has 0 aromatic carbocycles. The van der Waals surface area contributed by atoms with Crippen molar-refractivity contribution < 1.29 is 4.74 Å². The summed E-state index contributed by atoms with van der Waals surface area (Å²) < 4.78 is 4.92. The second-order valence-electron chi connectivity index (χ2n) is 2.82. The van der Waals surface area contributed by atoms with E-state index in [1.54, 1.807) is 18.9 Å². The van der Waals surface area contributed by atoms with E-state index in [4.69, 9.17) is 4.74 Å². The Morgan fingerprint density at radius 1 is 1.64 bits per heavy atom. The fraction of sp³-hybridized carbons (Fsp3) is 0.556. The second-order valence-corrected chi connectivity index (χ2v) is 3.91. The van der Waals surface area contributed by atoms with Gasteiger partial charge in [-0.1, -0.05) is 18.7 Å². The summed E-state index contributed by atoms with van der Waals surface area (Å²) in [5.41, 5.74) is 0.556. The Balaban J connectivity index is 2.78. The van der Waals surface area contributed by atoms with E-state index in [2.05, 4.69) is 16.9 Å². The number of nitrogens with zero attached hydrogens (tertiary/aromatic N) is 1. The first kappa shape index (κ1) is 11.3. The number of methoxy groups -OCH3 is 1. The van der Waals surface area contributed by atoms with Gasteiger partial charge in [0, 0.05) is 18.9 Å². The molecule has 0 aliphatic rings. The van der Waals surface area contributed by atoms with Crippen LogP contribution in [0.25, 0.3) is 0 Å². The van der Waals surface area contributed by atoms with Crippen molar-refractivity contribution in [1.82, 2.24) is 9.97 Å². The summed E-state index contributed by atoms with van der Waals surface area (Å²) >= 11 is 1.55. The van der Waals surface area contributed by atoms with Gasteiger partial charge in [0.1, 0.15) is 0 Å². The summed E-state index contributed by atoms with van der Waals surface area (Å²) in [5, 5.41) is 0.673. The van der Waals surface area contributed by atoms with Crippen LogP contribution in [0.3, 0.4) is 0 Å². The molecule has 0 aliphatic heterocycles. The highest BCUT2D eigenvalue weighted by Gasteiger charge is 2.00. The minimum absolute atomic E-state index is 0.120. The maximum Gasteiger partial charge on any atom is 0.251 e. The molecule has 0 fully saturated rings. The first-order chi connectivity index (χ1) is 6.76. The summed E-state index contributed by atoms with van der Waals surface area (Å²) in [4.78, 5) is 18.1. The number of rotatable bonds is 5. The van der Waals surface area contributed by atoms with Crippen molar-refractivity contribution in [3.63, 3.8) is 0 Å². The zero-order chi connectivity index (χ0) is 10.4. The fourth-order valence-electron chi connectivity index (χ4n) is 0.972. The molecular weight excluding hydrogens is 200 g/mol. The lowest BCUT2D eigenvalue weighted by Gasteiger charge is -2.01. The van der Waals surface area contributed by atoms with E-state index in [1.807, 2.05) is 0 Å². The number of H-pyrrole nitrogens is 1. The average Bonchev–Trinajstić information content (AvgIpc) is 2.14. The number of hydrogen-bond donors (Lipinski definition) is 1. The van der Waals surface area contributed by atoms with Crippen LogP contribution in [0.4, 0.5) is 0 Å². The van der Waals surface area contributed by atoms with Crippen molar-refractivity contribution in [3.8, 4) is 0 Å². The summed E-state index contributed by atoms with van der Waals surface area (Å²) in [6, 6.07) is 1.46. The average molecular weight is 214 g/mol. The Morgan fingerprint density at radius 3 is 3.07 bits per heavy atom. The predicted molar refractivity (Wildman–Crippen MR) is 56.6 cm³/mol. The van der Waals surface area contributed by atoms with Gasteiger partial charge in [0.15, 0.2) is 5.16 Å². The van der Waals surface area contributed by atoms with Crippen LogP contribution in [0, 0.1) is 0 Å². The quantitative estimate of drug-likeness (QED) is 0.595. The third kappa shape index (κ3) is 3.51. The van der Waals surface area contributed by atoms with Gasteiger partial charge in [-0.25, -0.2) is 4.98 Å². The molecule has 0 amide bonds. The molecule has 78 valence electrons. The Labute approximate surface area is 87.1 Å². The van der Waals surface area contributed by atoms with Gasteiger partial charge in [-0.05, 0) is 6.42 Å². The van der Waals surface area contributed by atoms with Gasteiger partial charge < -0.3 is 9.72 Å². The second kappa shape index (κ2) is 5.82. The third-order valence-corrected chi connectivity index (χ3v) is 2.59. The normalized spacial score (nSPS) is 10.4. The summed E-state index contributed by atoms with van der Waals surface area (Å²) in [6.07, 6.45) is 1.06. The van der Waals surface area contributed by atoms with E-state index in [1.165, 1.54) is 6.07 Å². The summed E-state index contributed by atoms with van der Waals surface area (Å²) in [6.45, 7) is 2.47. The third-order valence-electron chi connectivity index (χ3n) is 1.51. The standard InChI is InChI=1S/C9H14N2O2S/c1-3-4-14-9-10-7(6-13-2)5-8(12)11-9/h5H,3-4,6H2,1-2H3,(H,10,11,12). The molecule has 1 N–H and O–H groups in total. The fourth-order valence-corrected chi connectivity index (χ4v) is 1.72. The lowest BCUT2D eigenvalue weighted by molar-refractivity contribution is 0.180. The van der Waals surface area contributed by atoms with Crippen LogP contribution in [0.2, 0.25) is 0 Å². The Hall–Kier alpha value is -0.810. The molecule has 5 heteroatoms. The molecule has 0 radical (unpaired) electrons. The molecule has 0 aliphatic carbocycles. The monoisotopic (exact) mass is 214 g/mol. The number of aromatic nitrogens is 2. The van der Waals surface area contributed by atoms with Gasteiger partial charge in [-0.2, -0.15) is 0 Å². The van der Waals surface area contributed by atoms with E-state index < -0.39 is 0 Å². The van der Waals surface area contributed by atoms with Crippen molar-refractivity contribution in [1.29, 1.82) is 0 Å². The van der Waals surface area contributed by atoms with E-state index in [9.17, 15) is 4.79 Å². The van der Waals surface area contributed by atoms with E-state index in [0.717, 1.165) is 12.2 Å². The van der Waals surface area contributed by atoms with Gasteiger partial charge in [0.05, 0.1) is 12.3 Å². The van der Waals surface area contributed by atoms with E-state index in [0.29, 0.717) is 17.5 Å². The molecule has 0 atom stereocenters. The highest BCUT2D eigenvalue weighted by molar-refractivity contribution is 7.99. The van der Waals surface area contributed by atoms with Crippen LogP contribution in [0.15, 0.2) is 16.0 Å². The predicted octanol–water partition coefficient (Wildman–Crippen LogP) is 1.42. The lowest BCUT2D eigenvalue weighted by Crippen LogP contribution is -2.10. The number of ether oxygens (including phenoxy) is 1. The molecule has 0 spiro atoms. The maximum atomic E-state index is 11.2. The highest BCUT2D eigenvalue weighted by atomic mass is 32.2. The van der Waals surface area contributed by atoms with Gasteiger partial charge >= 0.3 is 0 Å². The molecule has 1 heterocycles. The van der Waals surface area contributed by atoms with Crippen LogP contribution in [-0.4, -0.2) is 22.8 Å². The largest absolute Gasteiger partial charge is 0.378 e. The molecule has 4 nitrogen and oxygen atoms in total. The minimum Gasteiger partial charge on any atom is -0.378 e. The van der Waals surface area contributed by atoms with Crippen molar-refractivity contribution in [2.75, 3.05) is 12.9 Å². The highest BCUT2D eigenvalue weighted by Crippen LogP contribution is 2.12. The Bertz CT molecular complexity index is 338. The molecule has 1 rings (SSSR count). The first-order valence-electron chi connectivity index (χ1n) is 4.48. The van der Waals surface area contributed by atoms with Gasteiger partial charge in [0.25, 0.3) is 5.56 Å². The van der Waals surface area contributed by atoms with Gasteiger partial charge in [-0.3, -0.25) is 4.79 Å². The molecule has 0 bridgehead atoms. The van der Waals surface area contributed by atoms with Crippen LogP contribution in [0.5, 0.6) is 0 Å². The van der Waals surface area contributed by atoms with Crippen molar-refractivity contribution in [3.05, 3.63) is 22.1 Å². The van der Waals surface area contributed by atoms with Gasteiger partial charge in [0.2, 0.25) is 0 Å². The number of hydrogen-bond acceptors (Lipinski definition) is 4. The number of nitrogens with one attached hydrogen (secondary N) is 1. The van der Waals surface area contributed by atoms with Crippen LogP contribution in [0.1, 0.15) is 19.0 Å². The van der Waals surface area contributed by atoms with Gasteiger partial charge in [-0.15, -0.1) is 0 Å². The van der Waals surface area contributed by atoms with Crippen LogP contribution < -0.4 is 5.56 Å². The van der Waals surface area contributed by atoms with Crippen molar-refractivity contribution in [2.24, 2.45) is 0 Å². The molecular formula is C9H14N2O2S. The van der Waals surface area contributed by atoms with Crippen LogP contribution >= 0.6 is 11.8 Å². The SMILES string of the molecule is CCCSc1nc(COC)cc(=O)[nH]1. The molecule has 0 saturated carbocycles. The molecule has 1 aromatic rings. The smallest absolute Gasteiger partial charge is 0.251 e. The lowest BCUT2D eigenvalue weighted by atomic mass is 10.4. The summed E-state index contributed by atoms with van der Waals surface area (Å²) in [5.74, 6) is 0.958. The topological polar surface area (TPSA) is 55.0 Å². The van der Waals surface area contributed by atoms with Crippen LogP contribution in [-0.2, 0) is 11.3 Å². The number of aromatic amines is 1. The molecule has 0 saturated heterocycles. The maximum absolute atomic E-state index is 11.2. The molecule has 14 heavy (non-hydrogen) atoms. The number of thioether (sulfide) groups is 1. The van der Waals surface area contributed by atoms with Crippen molar-refractivity contribution in [2.45, 2.75) is 25.1 Å². The Morgan fingerprint density at radius 2 is 2.43 bits per heavy atom. The zero-order valence-corrected chi connectivity index (χ0v) is 9.19. The first-order valence-corrected chi connectivity index (χ1v) is 5.46. The molecule has 1 aromatic heterocycles.